The summed E-state index contributed by atoms with van der Waals surface area (Å²) in [6.07, 6.45) is -82.4. The van der Waals surface area contributed by atoms with Gasteiger partial charge in [-0.1, -0.05) is 0 Å². The molecule has 41 atom stereocenters. The highest BCUT2D eigenvalue weighted by atomic mass is 16.8. The van der Waals surface area contributed by atoms with E-state index in [1.165, 1.54) is 0 Å². The molecule has 1 unspecified atom stereocenters. The highest BCUT2D eigenvalue weighted by molar-refractivity contribution is 5.02. The van der Waals surface area contributed by atoms with E-state index >= 15 is 0 Å². The van der Waals surface area contributed by atoms with Crippen molar-refractivity contribution in [2.24, 2.45) is 0 Å². The molecule has 92 heavy (non-hydrogen) atoms. The van der Waals surface area contributed by atoms with Gasteiger partial charge >= 0.3 is 0 Å². The van der Waals surface area contributed by atoms with E-state index in [1.54, 1.807) is 6.92 Å². The van der Waals surface area contributed by atoms with Crippen LogP contribution < -0.4 is 0 Å². The predicted octanol–water partition coefficient (Wildman–Crippen LogP) is -17.2. The Bertz CT molecular complexity index is 1760. The van der Waals surface area contributed by atoms with Gasteiger partial charge in [-0.2, -0.15) is 0 Å². The summed E-state index contributed by atoms with van der Waals surface area (Å²) in [5.74, 6) is 0. The lowest BCUT2D eigenvalue weighted by Gasteiger charge is -2.50. The van der Waals surface area contributed by atoms with Gasteiger partial charge in [0.15, 0.2) is 50.3 Å². The van der Waals surface area contributed by atoms with Gasteiger partial charge < -0.3 is 203 Å². The van der Waals surface area contributed by atoms with Crippen LogP contribution in [-0.2, 0) is 75.8 Å². The lowest BCUT2D eigenvalue weighted by molar-refractivity contribution is -0.404. The SMILES string of the molecule is OC[C@H]1O[C@@H]2O[C@H]3[C@H](O)[C@@H](O)[C@@H](O[C@H]4[C@H](O)[C@@H](O)[C@@H](O[C@H]5[C@H](O)[C@@H](O)[C@@H](O[C@H]6[C@H](O)[C@@H](O)[C@@H](O[C@H]7[C@H](O)[C@@H](O)[C@@H](O[C@H]8[C@H](O)[C@@H](O)[C@@H](O[C@H]9[C@H](O)[C@@H](O)[C@@H](O[C@H]1[C@H](O)[C@H]2O)O[C@@H]9CO)O[C@@H]8CO)O[C@@H]7CO)O[C@@H]6CO)O[C@@H]5CO)O[C@@H]4CO)O[C@@H]3CO.[CH2]C(C)O. The Kier molecular flexibility index (Phi) is 27.3. The zero-order valence-electron chi connectivity index (χ0n) is 48.7. The molecular formula is C51H87O41. The third-order valence-electron chi connectivity index (χ3n) is 16.9. The summed E-state index contributed by atoms with van der Waals surface area (Å²) < 4.78 is 91.1. The monoisotopic (exact) mass is 1360 g/mol. The van der Waals surface area contributed by atoms with E-state index in [0.717, 1.165) is 0 Å². The fourth-order valence-electron chi connectivity index (χ4n) is 11.9. The van der Waals surface area contributed by atoms with Gasteiger partial charge in [-0.3, -0.25) is 0 Å². The van der Waals surface area contributed by atoms with Crippen molar-refractivity contribution in [3.8, 4) is 0 Å². The molecule has 30 saturated heterocycles. The average Bonchev–Trinajstić information content (AvgIpc) is 0.796. The van der Waals surface area contributed by atoms with Crippen molar-refractivity contribution in [2.75, 3.05) is 52.9 Å². The second-order valence-electron chi connectivity index (χ2n) is 23.3. The molecule has 41 nitrogen and oxygen atoms in total. The van der Waals surface area contributed by atoms with E-state index in [0.29, 0.717) is 0 Å². The topological polar surface area (TPSA) is 653 Å². The summed E-state index contributed by atoms with van der Waals surface area (Å²) in [6, 6.07) is 0. The van der Waals surface area contributed by atoms with Crippen LogP contribution in [0.4, 0.5) is 0 Å². The van der Waals surface area contributed by atoms with Crippen LogP contribution in [0.5, 0.6) is 0 Å². The summed E-state index contributed by atoms with van der Waals surface area (Å²) in [6.45, 7) is -3.83. The number of hydrogen-bond donors (Lipinski definition) is 25. The number of hydrogen-bond acceptors (Lipinski definition) is 41. The molecule has 30 heterocycles. The Morgan fingerprint density at radius 1 is 0.207 bits per heavy atom. The number of rotatable bonds is 8. The Balaban J connectivity index is 0.00000264. The smallest absolute Gasteiger partial charge is 0.187 e. The van der Waals surface area contributed by atoms with Crippen molar-refractivity contribution in [3.05, 3.63) is 6.92 Å². The van der Waals surface area contributed by atoms with E-state index in [1.807, 2.05) is 0 Å². The largest absolute Gasteiger partial charge is 0.394 e. The van der Waals surface area contributed by atoms with Crippen LogP contribution in [0.25, 0.3) is 0 Å². The first kappa shape index (κ1) is 76.1. The second-order valence-corrected chi connectivity index (χ2v) is 23.3. The first-order valence-corrected chi connectivity index (χ1v) is 29.4. The zero-order valence-corrected chi connectivity index (χ0v) is 48.7. The average molecular weight is 1360 g/mol. The molecule has 0 aliphatic carbocycles. The van der Waals surface area contributed by atoms with Gasteiger partial charge in [0, 0.05) is 0 Å². The summed E-state index contributed by atoms with van der Waals surface area (Å²) >= 11 is 0. The number of ether oxygens (including phenoxy) is 16. The molecule has 30 aliphatic heterocycles. The first-order chi connectivity index (χ1) is 43.6. The van der Waals surface area contributed by atoms with Gasteiger partial charge in [-0.25, -0.2) is 0 Å². The predicted molar refractivity (Wildman–Crippen MR) is 278 cm³/mol. The molecule has 16 bridgehead atoms. The third kappa shape index (κ3) is 15.8. The van der Waals surface area contributed by atoms with Crippen LogP contribution in [-0.4, -0.2) is 432 Å². The Hall–Kier alpha value is -1.64. The first-order valence-electron chi connectivity index (χ1n) is 29.4. The zero-order chi connectivity index (χ0) is 67.6. The lowest BCUT2D eigenvalue weighted by atomic mass is 9.94. The van der Waals surface area contributed by atoms with E-state index < -0.39 is 305 Å². The van der Waals surface area contributed by atoms with Gasteiger partial charge in [0.1, 0.15) is 195 Å². The van der Waals surface area contributed by atoms with Crippen LogP contribution in [0.1, 0.15) is 6.92 Å². The third-order valence-corrected chi connectivity index (χ3v) is 16.9. The minimum absolute atomic E-state index is 0.417. The van der Waals surface area contributed by atoms with Crippen molar-refractivity contribution in [2.45, 2.75) is 259 Å². The highest BCUT2D eigenvalue weighted by Crippen LogP contribution is 2.40. The summed E-state index contributed by atoms with van der Waals surface area (Å²) in [5.41, 5.74) is 0. The quantitative estimate of drug-likeness (QED) is 0.107. The Morgan fingerprint density at radius 3 is 0.370 bits per heavy atom. The summed E-state index contributed by atoms with van der Waals surface area (Å²) in [4.78, 5) is 0. The van der Waals surface area contributed by atoms with E-state index in [-0.39, 0.29) is 0 Å². The van der Waals surface area contributed by atoms with Crippen LogP contribution in [0, 0.1) is 6.92 Å². The van der Waals surface area contributed by atoms with Crippen LogP contribution in [0.15, 0.2) is 0 Å². The van der Waals surface area contributed by atoms with Crippen molar-refractivity contribution in [3.63, 3.8) is 0 Å². The second kappa shape index (κ2) is 33.0. The molecule has 0 aromatic carbocycles. The fraction of sp³-hybridized carbons (Fsp3) is 0.980. The summed E-state index contributed by atoms with van der Waals surface area (Å²) in [7, 11) is 0. The van der Waals surface area contributed by atoms with Crippen LogP contribution in [0.2, 0.25) is 0 Å². The molecule has 0 aromatic rings. The standard InChI is InChI=1S/C48H80O40.C3H7O/c49-1-9-33-17(57)25(65)41(73-9)82-34-10(2-50)75-43(27(67)19(34)59)84-36-12(4-52)77-45(29(69)21(36)61)86-38-14(6-54)79-47(31(71)23(38)63)88-40-16(8-56)80-48(32(72)24(40)64)87-39-15(7-55)78-46(30(70)22(39)62)85-37-13(5-53)76-44(28(68)20(37)60)83-35-11(3-51)74-42(81-33)26(66)18(35)58;1-3(2)4/h9-72H,1-8H2;3-4H,1H2,2H3/t9-,10-,11-,12-,13-,14-,15-,16-,17-,18-,19-,20-,21-,22-,23-,24-,25-,26-,27-,28-,29-,30-,31-,32-,33-,34-,35-,36-,37-,38-,39-,40-,41-,42-,43-,44-,45-,46-,47-,48-;/m1./s1. The molecule has 0 saturated carbocycles. The fourth-order valence-corrected chi connectivity index (χ4v) is 11.9. The molecule has 30 fully saturated rings. The molecule has 25 N–H and O–H groups in total. The van der Waals surface area contributed by atoms with Crippen molar-refractivity contribution < 1.29 is 203 Å². The molecule has 30 aliphatic rings. The van der Waals surface area contributed by atoms with Crippen molar-refractivity contribution >= 4 is 0 Å². The molecule has 30 rings (SSSR count). The Labute approximate surface area is 521 Å². The molecule has 0 spiro atoms. The highest BCUT2D eigenvalue weighted by Gasteiger charge is 2.60. The maximum Gasteiger partial charge on any atom is 0.187 e. The van der Waals surface area contributed by atoms with Crippen molar-refractivity contribution in [1.82, 2.24) is 0 Å². The molecule has 0 aromatic heterocycles. The van der Waals surface area contributed by atoms with Gasteiger partial charge in [0.25, 0.3) is 0 Å². The van der Waals surface area contributed by atoms with E-state index in [2.05, 4.69) is 6.92 Å². The van der Waals surface area contributed by atoms with E-state index in [9.17, 15) is 123 Å². The summed E-state index contributed by atoms with van der Waals surface area (Å²) in [5, 5.41) is 273. The molecule has 41 heteroatoms. The minimum atomic E-state index is -2.25. The van der Waals surface area contributed by atoms with Gasteiger partial charge in [-0.15, -0.1) is 0 Å². The van der Waals surface area contributed by atoms with E-state index in [4.69, 9.17) is 80.9 Å². The Morgan fingerprint density at radius 2 is 0.293 bits per heavy atom. The lowest BCUT2D eigenvalue weighted by Crippen LogP contribution is -2.69. The molecule has 0 amide bonds. The van der Waals surface area contributed by atoms with Gasteiger partial charge in [0.05, 0.1) is 59.0 Å². The van der Waals surface area contributed by atoms with Crippen LogP contribution in [0.3, 0.4) is 0 Å². The van der Waals surface area contributed by atoms with Gasteiger partial charge in [-0.05, 0) is 13.8 Å². The van der Waals surface area contributed by atoms with Crippen LogP contribution >= 0.6 is 0 Å². The number of aliphatic hydroxyl groups excluding tert-OH is 25. The molecule has 537 valence electrons. The van der Waals surface area contributed by atoms with Crippen molar-refractivity contribution in [1.29, 1.82) is 0 Å². The molecule has 1 radical (unpaired) electrons. The minimum Gasteiger partial charge on any atom is -0.394 e. The normalized spacial score (nSPS) is 53.3. The maximum atomic E-state index is 11.4. The van der Waals surface area contributed by atoms with Gasteiger partial charge in [0.2, 0.25) is 0 Å². The molecular weight excluding hydrogens is 1270 g/mol. The number of aliphatic hydroxyl groups is 25. The maximum absolute atomic E-state index is 11.4.